The number of aromatic hydroxyl groups is 1. The molecule has 0 amide bonds. The third-order valence-electron chi connectivity index (χ3n) is 1.12. The fraction of sp³-hybridized carbons (Fsp3) is 0. The summed E-state index contributed by atoms with van der Waals surface area (Å²) in [5, 5.41) is 9.09. The van der Waals surface area contributed by atoms with E-state index in [-0.39, 0.29) is 5.75 Å². The lowest BCUT2D eigenvalue weighted by Gasteiger charge is -2.01. The van der Waals surface area contributed by atoms with Gasteiger partial charge in [-0.2, -0.15) is 0 Å². The van der Waals surface area contributed by atoms with Crippen molar-refractivity contribution < 1.29 is 5.11 Å². The van der Waals surface area contributed by atoms with Crippen molar-refractivity contribution in [3.8, 4) is 5.75 Å². The minimum Gasteiger partial charge on any atom is -0.506 e. The smallest absolute Gasteiger partial charge is 0.139 e. The van der Waals surface area contributed by atoms with E-state index in [1.165, 1.54) is 6.07 Å². The van der Waals surface area contributed by atoms with Gasteiger partial charge >= 0.3 is 0 Å². The third kappa shape index (κ3) is 1.33. The van der Waals surface area contributed by atoms with Crippen molar-refractivity contribution in [3.05, 3.63) is 18.2 Å². The van der Waals surface area contributed by atoms with Gasteiger partial charge in [0, 0.05) is 21.8 Å². The third-order valence-corrected chi connectivity index (χ3v) is 1.55. The van der Waals surface area contributed by atoms with Crippen LogP contribution in [0, 0.1) is 0 Å². The Kier molecular flexibility index (Phi) is 2.01. The maximum absolute atomic E-state index is 9.09. The number of rotatable bonds is 1. The van der Waals surface area contributed by atoms with E-state index < -0.39 is 0 Å². The second-order valence-electron chi connectivity index (χ2n) is 1.87. The summed E-state index contributed by atoms with van der Waals surface area (Å²) in [4.78, 5) is 0. The minimum atomic E-state index is 0.172. The summed E-state index contributed by atoms with van der Waals surface area (Å²) in [6.45, 7) is 0. The zero-order valence-electron chi connectivity index (χ0n) is 5.13. The standard InChI is InChI=1S/C6H7BrN2O/c7-9-5-3-4(8)1-2-6(5)10/h1-3,9-10H,8H2. The fourth-order valence-electron chi connectivity index (χ4n) is 0.629. The Labute approximate surface area is 67.2 Å². The maximum Gasteiger partial charge on any atom is 0.139 e. The van der Waals surface area contributed by atoms with Gasteiger partial charge in [0.1, 0.15) is 5.75 Å². The summed E-state index contributed by atoms with van der Waals surface area (Å²) in [5.41, 5.74) is 6.61. The minimum absolute atomic E-state index is 0.172. The van der Waals surface area contributed by atoms with Crippen molar-refractivity contribution in [1.29, 1.82) is 0 Å². The van der Waals surface area contributed by atoms with E-state index in [2.05, 4.69) is 20.5 Å². The molecule has 4 heteroatoms. The van der Waals surface area contributed by atoms with Gasteiger partial charge in [-0.25, -0.2) is 0 Å². The highest BCUT2D eigenvalue weighted by Crippen LogP contribution is 2.25. The summed E-state index contributed by atoms with van der Waals surface area (Å²) in [6.07, 6.45) is 0. The maximum atomic E-state index is 9.09. The number of benzene rings is 1. The molecule has 1 rings (SSSR count). The molecule has 10 heavy (non-hydrogen) atoms. The van der Waals surface area contributed by atoms with Gasteiger partial charge in [-0.3, -0.25) is 0 Å². The molecule has 0 heterocycles. The molecule has 1 aromatic rings. The molecule has 54 valence electrons. The first-order valence-electron chi connectivity index (χ1n) is 2.69. The van der Waals surface area contributed by atoms with Crippen LogP contribution in [-0.2, 0) is 0 Å². The predicted molar refractivity (Wildman–Crippen MR) is 45.1 cm³/mol. The van der Waals surface area contributed by atoms with Gasteiger partial charge in [0.15, 0.2) is 0 Å². The van der Waals surface area contributed by atoms with E-state index in [0.717, 1.165) is 0 Å². The van der Waals surface area contributed by atoms with Crippen LogP contribution in [0.1, 0.15) is 0 Å². The van der Waals surface area contributed by atoms with Crippen molar-refractivity contribution >= 4 is 27.5 Å². The summed E-state index contributed by atoms with van der Waals surface area (Å²) >= 11 is 2.98. The van der Waals surface area contributed by atoms with Crippen molar-refractivity contribution in [2.75, 3.05) is 10.1 Å². The van der Waals surface area contributed by atoms with Gasteiger partial charge in [0.05, 0.1) is 5.69 Å². The summed E-state index contributed by atoms with van der Waals surface area (Å²) in [7, 11) is 0. The Bertz CT molecular complexity index is 239. The topological polar surface area (TPSA) is 58.3 Å². The SMILES string of the molecule is Nc1ccc(O)c(NBr)c1. The average Bonchev–Trinajstić information content (AvgIpc) is 1.94. The largest absolute Gasteiger partial charge is 0.506 e. The number of anilines is 2. The van der Waals surface area contributed by atoms with E-state index in [0.29, 0.717) is 11.4 Å². The van der Waals surface area contributed by atoms with E-state index >= 15 is 0 Å². The molecule has 0 bridgehead atoms. The quantitative estimate of drug-likeness (QED) is 0.281. The van der Waals surface area contributed by atoms with Crippen LogP contribution in [0.2, 0.25) is 0 Å². The number of halogens is 1. The molecule has 0 atom stereocenters. The Balaban J connectivity index is 3.09. The molecule has 0 aliphatic rings. The molecule has 0 unspecified atom stereocenters. The molecule has 0 fully saturated rings. The Morgan fingerprint density at radius 3 is 2.70 bits per heavy atom. The second kappa shape index (κ2) is 2.79. The van der Waals surface area contributed by atoms with Crippen molar-refractivity contribution in [2.24, 2.45) is 0 Å². The van der Waals surface area contributed by atoms with Crippen molar-refractivity contribution in [1.82, 2.24) is 0 Å². The van der Waals surface area contributed by atoms with E-state index in [9.17, 15) is 0 Å². The molecule has 0 radical (unpaired) electrons. The zero-order valence-corrected chi connectivity index (χ0v) is 6.72. The van der Waals surface area contributed by atoms with Crippen LogP contribution in [0.15, 0.2) is 18.2 Å². The number of hydrogen-bond donors (Lipinski definition) is 3. The molecule has 0 aromatic heterocycles. The highest BCUT2D eigenvalue weighted by molar-refractivity contribution is 9.10. The first-order valence-corrected chi connectivity index (χ1v) is 3.48. The summed E-state index contributed by atoms with van der Waals surface area (Å²) in [6, 6.07) is 4.78. The number of hydrogen-bond acceptors (Lipinski definition) is 3. The molecule has 0 aliphatic heterocycles. The molecule has 3 nitrogen and oxygen atoms in total. The zero-order chi connectivity index (χ0) is 7.56. The average molecular weight is 203 g/mol. The predicted octanol–water partition coefficient (Wildman–Crippen LogP) is 1.70. The molecule has 0 saturated carbocycles. The lowest BCUT2D eigenvalue weighted by atomic mass is 10.3. The van der Waals surface area contributed by atoms with Gasteiger partial charge in [0.2, 0.25) is 0 Å². The number of nitrogens with one attached hydrogen (secondary N) is 1. The highest BCUT2D eigenvalue weighted by atomic mass is 79.9. The van der Waals surface area contributed by atoms with Gasteiger partial charge < -0.3 is 15.2 Å². The first-order chi connectivity index (χ1) is 4.74. The van der Waals surface area contributed by atoms with Crippen LogP contribution < -0.4 is 10.1 Å². The van der Waals surface area contributed by atoms with E-state index in [1.54, 1.807) is 12.1 Å². The molecule has 1 aromatic carbocycles. The molecule has 0 aliphatic carbocycles. The highest BCUT2D eigenvalue weighted by Gasteiger charge is 1.97. The van der Waals surface area contributed by atoms with Crippen molar-refractivity contribution in [2.45, 2.75) is 0 Å². The molecule has 0 spiro atoms. The fourth-order valence-corrected chi connectivity index (χ4v) is 0.947. The molecular formula is C6H7BrN2O. The van der Waals surface area contributed by atoms with Crippen LogP contribution in [0.3, 0.4) is 0 Å². The van der Waals surface area contributed by atoms with Gasteiger partial charge in [-0.05, 0) is 18.2 Å². The molecule has 0 saturated heterocycles. The number of phenolic OH excluding ortho intramolecular Hbond substituents is 1. The second-order valence-corrected chi connectivity index (χ2v) is 2.27. The Morgan fingerprint density at radius 1 is 1.50 bits per heavy atom. The molecular weight excluding hydrogens is 196 g/mol. The van der Waals surface area contributed by atoms with Crippen LogP contribution in [0.4, 0.5) is 11.4 Å². The number of nitrogen functional groups attached to an aromatic ring is 1. The van der Waals surface area contributed by atoms with Crippen LogP contribution in [-0.4, -0.2) is 5.11 Å². The van der Waals surface area contributed by atoms with Gasteiger partial charge in [0.25, 0.3) is 0 Å². The van der Waals surface area contributed by atoms with Gasteiger partial charge in [-0.15, -0.1) is 0 Å². The number of phenols is 1. The van der Waals surface area contributed by atoms with E-state index in [1.807, 2.05) is 0 Å². The van der Waals surface area contributed by atoms with Gasteiger partial charge in [-0.1, -0.05) is 0 Å². The van der Waals surface area contributed by atoms with Crippen LogP contribution in [0.5, 0.6) is 5.75 Å². The Hall–Kier alpha value is -0.900. The monoisotopic (exact) mass is 202 g/mol. The summed E-state index contributed by atoms with van der Waals surface area (Å²) in [5.74, 6) is 0.172. The Morgan fingerprint density at radius 2 is 2.20 bits per heavy atom. The normalized spacial score (nSPS) is 9.30. The van der Waals surface area contributed by atoms with Crippen molar-refractivity contribution in [3.63, 3.8) is 0 Å². The lowest BCUT2D eigenvalue weighted by Crippen LogP contribution is -1.86. The molecule has 4 N–H and O–H groups in total. The summed E-state index contributed by atoms with van der Waals surface area (Å²) < 4.78 is 2.62. The van der Waals surface area contributed by atoms with Crippen LogP contribution >= 0.6 is 16.1 Å². The van der Waals surface area contributed by atoms with E-state index in [4.69, 9.17) is 10.8 Å². The lowest BCUT2D eigenvalue weighted by molar-refractivity contribution is 0.478. The first kappa shape index (κ1) is 7.21. The number of nitrogens with two attached hydrogens (primary N) is 1. The van der Waals surface area contributed by atoms with Crippen LogP contribution in [0.25, 0.3) is 0 Å².